The van der Waals surface area contributed by atoms with E-state index in [0.29, 0.717) is 23.5 Å². The van der Waals surface area contributed by atoms with Gasteiger partial charge in [-0.25, -0.2) is 4.79 Å². The first kappa shape index (κ1) is 19.0. The Bertz CT molecular complexity index is 695. The molecule has 0 heterocycles. The van der Waals surface area contributed by atoms with Crippen LogP contribution >= 0.6 is 15.9 Å². The second-order valence-electron chi connectivity index (χ2n) is 5.11. The Kier molecular flexibility index (Phi) is 7.47. The molecule has 2 aromatic rings. The lowest BCUT2D eigenvalue weighted by molar-refractivity contribution is -0.146. The Morgan fingerprint density at radius 1 is 0.880 bits per heavy atom. The predicted octanol–water partition coefficient (Wildman–Crippen LogP) is 4.04. The molecule has 0 aliphatic heterocycles. The summed E-state index contributed by atoms with van der Waals surface area (Å²) in [6.07, 6.45) is 0.453. The molecule has 0 unspecified atom stereocenters. The number of Topliss-reactive ketones (excluding diaryl/α,β-unsaturated/α-hetero) is 1. The minimum Gasteiger partial charge on any atom is -0.490 e. The zero-order chi connectivity index (χ0) is 18.1. The van der Waals surface area contributed by atoms with E-state index in [9.17, 15) is 9.59 Å². The van der Waals surface area contributed by atoms with Gasteiger partial charge < -0.3 is 14.2 Å². The van der Waals surface area contributed by atoms with Crippen molar-refractivity contribution in [2.45, 2.75) is 13.3 Å². The smallest absolute Gasteiger partial charge is 0.344 e. The van der Waals surface area contributed by atoms with E-state index >= 15 is 0 Å². The fourth-order valence-electron chi connectivity index (χ4n) is 1.97. The van der Waals surface area contributed by atoms with Crippen LogP contribution in [-0.4, -0.2) is 31.6 Å². The van der Waals surface area contributed by atoms with E-state index in [2.05, 4.69) is 15.9 Å². The van der Waals surface area contributed by atoms with Crippen molar-refractivity contribution in [2.24, 2.45) is 0 Å². The number of benzene rings is 2. The van der Waals surface area contributed by atoms with Gasteiger partial charge in [-0.05, 0) is 48.5 Å². The van der Waals surface area contributed by atoms with Gasteiger partial charge in [-0.15, -0.1) is 0 Å². The normalized spacial score (nSPS) is 10.2. The maximum atomic E-state index is 11.6. The van der Waals surface area contributed by atoms with Crippen molar-refractivity contribution in [2.75, 3.05) is 19.8 Å². The van der Waals surface area contributed by atoms with Crippen LogP contribution in [0.5, 0.6) is 11.5 Å². The van der Waals surface area contributed by atoms with Gasteiger partial charge in [0.1, 0.15) is 24.7 Å². The molecule has 0 amide bonds. The monoisotopic (exact) mass is 406 g/mol. The first-order valence-corrected chi connectivity index (χ1v) is 8.68. The van der Waals surface area contributed by atoms with E-state index in [1.54, 1.807) is 24.3 Å². The highest BCUT2D eigenvalue weighted by Gasteiger charge is 2.06. The van der Waals surface area contributed by atoms with Crippen molar-refractivity contribution in [3.8, 4) is 11.5 Å². The van der Waals surface area contributed by atoms with Crippen LogP contribution in [0, 0.1) is 0 Å². The highest BCUT2D eigenvalue weighted by atomic mass is 79.9. The van der Waals surface area contributed by atoms with Crippen LogP contribution in [0.15, 0.2) is 53.0 Å². The minimum absolute atomic E-state index is 0.0664. The van der Waals surface area contributed by atoms with E-state index in [4.69, 9.17) is 14.2 Å². The Balaban J connectivity index is 1.65. The third-order valence-electron chi connectivity index (χ3n) is 3.28. The van der Waals surface area contributed by atoms with Crippen molar-refractivity contribution in [1.29, 1.82) is 0 Å². The summed E-state index contributed by atoms with van der Waals surface area (Å²) in [4.78, 5) is 23.2. The molecule has 0 radical (unpaired) electrons. The minimum atomic E-state index is -0.479. The molecule has 0 saturated carbocycles. The lowest BCUT2D eigenvalue weighted by Gasteiger charge is -2.09. The van der Waals surface area contributed by atoms with Crippen molar-refractivity contribution in [3.05, 3.63) is 58.6 Å². The summed E-state index contributed by atoms with van der Waals surface area (Å²) in [5.41, 5.74) is 0.627. The van der Waals surface area contributed by atoms with Gasteiger partial charge in [0, 0.05) is 16.5 Å². The largest absolute Gasteiger partial charge is 0.490 e. The number of carbonyl (C=O) groups is 2. The molecule has 0 aromatic heterocycles. The van der Waals surface area contributed by atoms with Crippen LogP contribution in [-0.2, 0) is 9.53 Å². The second kappa shape index (κ2) is 9.84. The standard InChI is InChI=1S/C19H19BrO5/c1-2-18(21)14-3-7-17(8-4-14)25-13-19(22)24-12-11-23-16-9-5-15(20)6-10-16/h3-10H,2,11-13H2,1H3. The molecule has 0 N–H and O–H groups in total. The first-order chi connectivity index (χ1) is 12.1. The van der Waals surface area contributed by atoms with Crippen molar-refractivity contribution < 1.29 is 23.8 Å². The molecule has 132 valence electrons. The summed E-state index contributed by atoms with van der Waals surface area (Å²) in [7, 11) is 0. The van der Waals surface area contributed by atoms with Gasteiger partial charge in [0.05, 0.1) is 0 Å². The molecular formula is C19H19BrO5. The lowest BCUT2D eigenvalue weighted by atomic mass is 10.1. The van der Waals surface area contributed by atoms with Gasteiger partial charge in [0.15, 0.2) is 12.4 Å². The molecule has 0 spiro atoms. The molecule has 6 heteroatoms. The Morgan fingerprint density at radius 2 is 1.48 bits per heavy atom. The molecule has 0 bridgehead atoms. The average Bonchev–Trinajstić information content (AvgIpc) is 2.64. The average molecular weight is 407 g/mol. The van der Waals surface area contributed by atoms with Crippen molar-refractivity contribution in [3.63, 3.8) is 0 Å². The zero-order valence-corrected chi connectivity index (χ0v) is 15.5. The SMILES string of the molecule is CCC(=O)c1ccc(OCC(=O)OCCOc2ccc(Br)cc2)cc1. The second-order valence-corrected chi connectivity index (χ2v) is 6.03. The molecular weight excluding hydrogens is 388 g/mol. The van der Waals surface area contributed by atoms with Crippen LogP contribution in [0.4, 0.5) is 0 Å². The number of ketones is 1. The van der Waals surface area contributed by atoms with Crippen LogP contribution in [0.1, 0.15) is 23.7 Å². The molecule has 0 atom stereocenters. The molecule has 25 heavy (non-hydrogen) atoms. The number of ether oxygens (including phenoxy) is 3. The maximum absolute atomic E-state index is 11.6. The highest BCUT2D eigenvalue weighted by molar-refractivity contribution is 9.10. The Labute approximate surface area is 155 Å². The topological polar surface area (TPSA) is 61.8 Å². The van der Waals surface area contributed by atoms with E-state index in [-0.39, 0.29) is 25.6 Å². The molecule has 2 aromatic carbocycles. The van der Waals surface area contributed by atoms with Crippen molar-refractivity contribution in [1.82, 2.24) is 0 Å². The molecule has 0 aliphatic carbocycles. The number of hydrogen-bond acceptors (Lipinski definition) is 5. The van der Waals surface area contributed by atoms with E-state index in [1.165, 1.54) is 0 Å². The van der Waals surface area contributed by atoms with Crippen LogP contribution in [0.3, 0.4) is 0 Å². The van der Waals surface area contributed by atoms with Gasteiger partial charge in [-0.3, -0.25) is 4.79 Å². The molecule has 0 fully saturated rings. The van der Waals surface area contributed by atoms with E-state index in [1.807, 2.05) is 31.2 Å². The maximum Gasteiger partial charge on any atom is 0.344 e. The summed E-state index contributed by atoms with van der Waals surface area (Å²) in [5.74, 6) is 0.804. The van der Waals surface area contributed by atoms with E-state index in [0.717, 1.165) is 4.47 Å². The molecule has 5 nitrogen and oxygen atoms in total. The van der Waals surface area contributed by atoms with Crippen molar-refractivity contribution >= 4 is 27.7 Å². The van der Waals surface area contributed by atoms with Crippen LogP contribution < -0.4 is 9.47 Å². The third-order valence-corrected chi connectivity index (χ3v) is 3.81. The number of rotatable bonds is 9. The molecule has 2 rings (SSSR count). The number of hydrogen-bond donors (Lipinski definition) is 0. The summed E-state index contributed by atoms with van der Waals surface area (Å²) in [5, 5.41) is 0. The lowest BCUT2D eigenvalue weighted by Crippen LogP contribution is -2.18. The Hall–Kier alpha value is -2.34. The molecule has 0 aliphatic rings. The summed E-state index contributed by atoms with van der Waals surface area (Å²) in [6.45, 7) is 2.02. The number of carbonyl (C=O) groups excluding carboxylic acids is 2. The Morgan fingerprint density at radius 3 is 2.12 bits per heavy atom. The fraction of sp³-hybridized carbons (Fsp3) is 0.263. The summed E-state index contributed by atoms with van der Waals surface area (Å²) < 4.78 is 16.8. The van der Waals surface area contributed by atoms with Gasteiger partial charge in [-0.2, -0.15) is 0 Å². The third kappa shape index (κ3) is 6.58. The van der Waals surface area contributed by atoms with Gasteiger partial charge >= 0.3 is 5.97 Å². The van der Waals surface area contributed by atoms with Gasteiger partial charge in [0.2, 0.25) is 0 Å². The fourth-order valence-corrected chi connectivity index (χ4v) is 2.24. The van der Waals surface area contributed by atoms with Crippen LogP contribution in [0.2, 0.25) is 0 Å². The summed E-state index contributed by atoms with van der Waals surface area (Å²) in [6, 6.07) is 14.1. The van der Waals surface area contributed by atoms with E-state index < -0.39 is 5.97 Å². The van der Waals surface area contributed by atoms with Crippen LogP contribution in [0.25, 0.3) is 0 Å². The molecule has 0 saturated heterocycles. The summed E-state index contributed by atoms with van der Waals surface area (Å²) >= 11 is 3.34. The van der Waals surface area contributed by atoms with Gasteiger partial charge in [-0.1, -0.05) is 22.9 Å². The number of esters is 1. The zero-order valence-electron chi connectivity index (χ0n) is 13.9. The number of halogens is 1. The predicted molar refractivity (Wildman–Crippen MR) is 97.2 cm³/mol. The first-order valence-electron chi connectivity index (χ1n) is 7.88. The highest BCUT2D eigenvalue weighted by Crippen LogP contribution is 2.16. The quantitative estimate of drug-likeness (QED) is 0.357. The van der Waals surface area contributed by atoms with Gasteiger partial charge in [0.25, 0.3) is 0 Å².